The molecule has 0 aliphatic carbocycles. The summed E-state index contributed by atoms with van der Waals surface area (Å²) in [6.07, 6.45) is 1.68. The van der Waals surface area contributed by atoms with E-state index in [-0.39, 0.29) is 5.75 Å². The lowest BCUT2D eigenvalue weighted by Crippen LogP contribution is -1.86. The summed E-state index contributed by atoms with van der Waals surface area (Å²) >= 11 is 3.41. The molecule has 3 rings (SSSR count). The maximum absolute atomic E-state index is 9.78. The first-order chi connectivity index (χ1) is 9.25. The van der Waals surface area contributed by atoms with Crippen LogP contribution in [-0.2, 0) is 0 Å². The molecule has 0 atom stereocenters. The van der Waals surface area contributed by atoms with Crippen molar-refractivity contribution in [3.8, 4) is 28.7 Å². The molecule has 0 aliphatic heterocycles. The van der Waals surface area contributed by atoms with E-state index in [4.69, 9.17) is 0 Å². The molecule has 2 N–H and O–H groups in total. The quantitative estimate of drug-likeness (QED) is 0.762. The maximum Gasteiger partial charge on any atom is 0.185 e. The van der Waals surface area contributed by atoms with Gasteiger partial charge in [0.25, 0.3) is 0 Å². The summed E-state index contributed by atoms with van der Waals surface area (Å²) in [7, 11) is 0. The lowest BCUT2D eigenvalue weighted by Gasteiger charge is -1.98. The summed E-state index contributed by atoms with van der Waals surface area (Å²) in [6.45, 7) is 0. The second-order valence-electron chi connectivity index (χ2n) is 3.86. The highest BCUT2D eigenvalue weighted by molar-refractivity contribution is 9.10. The molecule has 0 radical (unpaired) electrons. The number of para-hydroxylation sites is 1. The fourth-order valence-corrected chi connectivity index (χ4v) is 2.15. The number of nitrogens with one attached hydrogen (secondary N) is 1. The summed E-state index contributed by atoms with van der Waals surface area (Å²) in [5.41, 5.74) is 1.26. The van der Waals surface area contributed by atoms with Gasteiger partial charge in [-0.1, -0.05) is 12.1 Å². The Morgan fingerprint density at radius 2 is 1.95 bits per heavy atom. The molecule has 3 aromatic rings. The molecule has 2 heterocycles. The molecule has 1 aromatic carbocycles. The molecule has 0 spiro atoms. The minimum Gasteiger partial charge on any atom is -0.507 e. The van der Waals surface area contributed by atoms with Gasteiger partial charge in [0.05, 0.1) is 5.56 Å². The molecular formula is C13H9BrN4O. The monoisotopic (exact) mass is 316 g/mol. The molecule has 0 fully saturated rings. The molecule has 2 aromatic heterocycles. The number of halogens is 1. The number of rotatable bonds is 2. The zero-order valence-electron chi connectivity index (χ0n) is 9.71. The van der Waals surface area contributed by atoms with Crippen LogP contribution < -0.4 is 0 Å². The number of H-pyrrole nitrogens is 1. The number of aromatic amines is 1. The smallest absolute Gasteiger partial charge is 0.185 e. The van der Waals surface area contributed by atoms with Gasteiger partial charge in [-0.2, -0.15) is 5.10 Å². The third-order valence-electron chi connectivity index (χ3n) is 2.61. The Labute approximate surface area is 117 Å². The van der Waals surface area contributed by atoms with Gasteiger partial charge in [-0.05, 0) is 40.2 Å². The Bertz CT molecular complexity index is 666. The van der Waals surface area contributed by atoms with Crippen molar-refractivity contribution in [1.29, 1.82) is 0 Å². The number of phenols is 1. The third-order valence-corrected chi connectivity index (χ3v) is 3.25. The fourth-order valence-electron chi connectivity index (χ4n) is 1.71. The summed E-state index contributed by atoms with van der Waals surface area (Å²) < 4.78 is 0.829. The second kappa shape index (κ2) is 4.81. The van der Waals surface area contributed by atoms with E-state index in [2.05, 4.69) is 36.1 Å². The molecule has 0 unspecified atom stereocenters. The van der Waals surface area contributed by atoms with E-state index in [1.54, 1.807) is 24.4 Å². The number of pyridine rings is 1. The lowest BCUT2D eigenvalue weighted by atomic mass is 10.2. The van der Waals surface area contributed by atoms with Crippen molar-refractivity contribution < 1.29 is 5.11 Å². The van der Waals surface area contributed by atoms with Crippen LogP contribution in [0.25, 0.3) is 22.9 Å². The van der Waals surface area contributed by atoms with E-state index in [1.165, 1.54) is 0 Å². The molecule has 0 saturated heterocycles. The zero-order valence-corrected chi connectivity index (χ0v) is 11.3. The highest BCUT2D eigenvalue weighted by Gasteiger charge is 2.13. The minimum absolute atomic E-state index is 0.146. The normalized spacial score (nSPS) is 10.6. The molecule has 0 aliphatic rings. The minimum atomic E-state index is 0.146. The molecule has 94 valence electrons. The number of nitrogens with zero attached hydrogens (tertiary/aromatic N) is 3. The van der Waals surface area contributed by atoms with Gasteiger partial charge < -0.3 is 5.11 Å². The van der Waals surface area contributed by atoms with Crippen LogP contribution in [0.4, 0.5) is 0 Å². The van der Waals surface area contributed by atoms with Gasteiger partial charge in [0, 0.05) is 10.7 Å². The number of hydrogen-bond donors (Lipinski definition) is 2. The molecule has 5 nitrogen and oxygen atoms in total. The van der Waals surface area contributed by atoms with Crippen molar-refractivity contribution in [2.24, 2.45) is 0 Å². The first-order valence-corrected chi connectivity index (χ1v) is 6.36. The zero-order chi connectivity index (χ0) is 13.2. The number of hydrogen-bond acceptors (Lipinski definition) is 4. The standard InChI is InChI=1S/C13H9BrN4O/c14-9-5-3-7-15-11(9)13-16-12(17-18-13)8-4-1-2-6-10(8)19/h1-7,19H,(H,16,17,18). The SMILES string of the molecule is Oc1ccccc1-c1n[nH]c(-c2ncccc2Br)n1. The number of benzene rings is 1. The van der Waals surface area contributed by atoms with Crippen molar-refractivity contribution in [2.45, 2.75) is 0 Å². The van der Waals surface area contributed by atoms with Crippen molar-refractivity contribution in [1.82, 2.24) is 20.2 Å². The highest BCUT2D eigenvalue weighted by atomic mass is 79.9. The predicted molar refractivity (Wildman–Crippen MR) is 74.4 cm³/mol. The van der Waals surface area contributed by atoms with Gasteiger partial charge in [-0.3, -0.25) is 10.1 Å². The molecule has 19 heavy (non-hydrogen) atoms. The second-order valence-corrected chi connectivity index (χ2v) is 4.71. The average molecular weight is 317 g/mol. The van der Waals surface area contributed by atoms with Crippen LogP contribution in [0.15, 0.2) is 47.1 Å². The van der Waals surface area contributed by atoms with E-state index in [0.717, 1.165) is 4.47 Å². The third kappa shape index (κ3) is 2.22. The summed E-state index contributed by atoms with van der Waals surface area (Å²) in [4.78, 5) is 8.59. The van der Waals surface area contributed by atoms with E-state index >= 15 is 0 Å². The maximum atomic E-state index is 9.78. The molecule has 0 amide bonds. The topological polar surface area (TPSA) is 74.7 Å². The Morgan fingerprint density at radius 1 is 1.11 bits per heavy atom. The predicted octanol–water partition coefficient (Wildman–Crippen LogP) is 3.00. The lowest BCUT2D eigenvalue weighted by molar-refractivity contribution is 0.477. The van der Waals surface area contributed by atoms with Crippen molar-refractivity contribution in [2.75, 3.05) is 0 Å². The van der Waals surface area contributed by atoms with Crippen LogP contribution in [0.5, 0.6) is 5.75 Å². The van der Waals surface area contributed by atoms with Crippen molar-refractivity contribution >= 4 is 15.9 Å². The Balaban J connectivity index is 2.06. The number of phenolic OH excluding ortho intramolecular Hbond substituents is 1. The number of aromatic hydroxyl groups is 1. The highest BCUT2D eigenvalue weighted by Crippen LogP contribution is 2.28. The van der Waals surface area contributed by atoms with Crippen LogP contribution in [0.3, 0.4) is 0 Å². The van der Waals surface area contributed by atoms with E-state index in [9.17, 15) is 5.11 Å². The van der Waals surface area contributed by atoms with Gasteiger partial charge in [-0.25, -0.2) is 4.98 Å². The Morgan fingerprint density at radius 3 is 2.74 bits per heavy atom. The van der Waals surface area contributed by atoms with Crippen LogP contribution >= 0.6 is 15.9 Å². The molecule has 0 saturated carbocycles. The molecule has 6 heteroatoms. The van der Waals surface area contributed by atoms with Crippen LogP contribution in [-0.4, -0.2) is 25.3 Å². The van der Waals surface area contributed by atoms with Gasteiger partial charge in [0.1, 0.15) is 11.4 Å². The Kier molecular flexibility index (Phi) is 3.00. The van der Waals surface area contributed by atoms with Gasteiger partial charge in [-0.15, -0.1) is 0 Å². The van der Waals surface area contributed by atoms with Gasteiger partial charge >= 0.3 is 0 Å². The average Bonchev–Trinajstić information content (AvgIpc) is 2.89. The fraction of sp³-hybridized carbons (Fsp3) is 0. The first kappa shape index (κ1) is 11.9. The summed E-state index contributed by atoms with van der Waals surface area (Å²) in [5, 5.41) is 16.7. The van der Waals surface area contributed by atoms with E-state index in [0.29, 0.717) is 22.9 Å². The van der Waals surface area contributed by atoms with Crippen molar-refractivity contribution in [3.05, 3.63) is 47.1 Å². The van der Waals surface area contributed by atoms with Crippen LogP contribution in [0, 0.1) is 0 Å². The van der Waals surface area contributed by atoms with Crippen molar-refractivity contribution in [3.63, 3.8) is 0 Å². The largest absolute Gasteiger partial charge is 0.507 e. The first-order valence-electron chi connectivity index (χ1n) is 5.57. The Hall–Kier alpha value is -2.21. The molecule has 0 bridgehead atoms. The van der Waals surface area contributed by atoms with Gasteiger partial charge in [0.15, 0.2) is 11.6 Å². The molecular weight excluding hydrogens is 308 g/mol. The summed E-state index contributed by atoms with van der Waals surface area (Å²) in [6, 6.07) is 10.6. The van der Waals surface area contributed by atoms with E-state index in [1.807, 2.05) is 18.2 Å². The number of aromatic nitrogens is 4. The summed E-state index contributed by atoms with van der Waals surface area (Å²) in [5.74, 6) is 1.13. The van der Waals surface area contributed by atoms with E-state index < -0.39 is 0 Å². The van der Waals surface area contributed by atoms with Crippen LogP contribution in [0.1, 0.15) is 0 Å². The van der Waals surface area contributed by atoms with Crippen LogP contribution in [0.2, 0.25) is 0 Å². The van der Waals surface area contributed by atoms with Gasteiger partial charge in [0.2, 0.25) is 0 Å².